The number of ether oxygens (including phenoxy) is 3. The quantitative estimate of drug-likeness (QED) is 0.701. The first-order valence-electron chi connectivity index (χ1n) is 9.88. The summed E-state index contributed by atoms with van der Waals surface area (Å²) in [6.07, 6.45) is 4.96. The first-order chi connectivity index (χ1) is 14.1. The first-order valence-corrected chi connectivity index (χ1v) is 10.8. The van der Waals surface area contributed by atoms with Crippen molar-refractivity contribution in [2.24, 2.45) is 0 Å². The Bertz CT molecular complexity index is 936. The van der Waals surface area contributed by atoms with E-state index >= 15 is 0 Å². The highest BCUT2D eigenvalue weighted by Crippen LogP contribution is 2.33. The minimum Gasteiger partial charge on any atom is -0.493 e. The molecule has 1 aromatic carbocycles. The van der Waals surface area contributed by atoms with Crippen LogP contribution in [0.1, 0.15) is 44.8 Å². The van der Waals surface area contributed by atoms with E-state index in [4.69, 9.17) is 14.2 Å². The van der Waals surface area contributed by atoms with Gasteiger partial charge in [-0.2, -0.15) is 0 Å². The molecule has 0 spiro atoms. The molecule has 0 radical (unpaired) electrons. The normalized spacial score (nSPS) is 15.3. The van der Waals surface area contributed by atoms with Crippen LogP contribution >= 0.6 is 11.3 Å². The molecule has 2 aromatic rings. The number of aryl methyl sites for hydroxylation is 1. The molecule has 1 aliphatic heterocycles. The number of rotatable bonds is 5. The summed E-state index contributed by atoms with van der Waals surface area (Å²) < 4.78 is 16.1. The fourth-order valence-electron chi connectivity index (χ4n) is 4.06. The highest BCUT2D eigenvalue weighted by molar-refractivity contribution is 7.10. The summed E-state index contributed by atoms with van der Waals surface area (Å²) in [6.45, 7) is 0.832. The molecular weight excluding hydrogens is 390 g/mol. The number of benzene rings is 1. The molecule has 0 atom stereocenters. The van der Waals surface area contributed by atoms with Crippen molar-refractivity contribution in [2.75, 3.05) is 27.4 Å². The van der Waals surface area contributed by atoms with Crippen molar-refractivity contribution in [1.29, 1.82) is 0 Å². The zero-order valence-electron chi connectivity index (χ0n) is 16.8. The number of nitrogens with zero attached hydrogens (tertiary/aromatic N) is 1. The maximum absolute atomic E-state index is 12.6. The van der Waals surface area contributed by atoms with Gasteiger partial charge in [0.25, 0.3) is 5.91 Å². The van der Waals surface area contributed by atoms with Gasteiger partial charge in [0, 0.05) is 23.3 Å². The van der Waals surface area contributed by atoms with Crippen molar-refractivity contribution in [3.05, 3.63) is 44.6 Å². The van der Waals surface area contributed by atoms with Gasteiger partial charge in [0.2, 0.25) is 0 Å². The van der Waals surface area contributed by atoms with Gasteiger partial charge < -0.3 is 19.1 Å². The number of carbonyl (C=O) groups is 2. The van der Waals surface area contributed by atoms with E-state index in [0.29, 0.717) is 30.2 Å². The number of amides is 1. The monoisotopic (exact) mass is 415 g/mol. The summed E-state index contributed by atoms with van der Waals surface area (Å²) in [5.74, 6) is 0.776. The number of methoxy groups -OCH3 is 2. The SMILES string of the molecule is COc1cc2c(cc1OC)CN(C(=O)COC(=O)c1csc3c1CCCC3)CC2. The largest absolute Gasteiger partial charge is 0.493 e. The maximum Gasteiger partial charge on any atom is 0.339 e. The van der Waals surface area contributed by atoms with E-state index < -0.39 is 0 Å². The standard InChI is InChI=1S/C22H25NO5S/c1-26-18-9-14-7-8-23(11-15(14)10-19(18)27-2)21(24)12-28-22(25)17-13-29-20-6-4-3-5-16(17)20/h9-10,13H,3-8,11-12H2,1-2H3. The van der Waals surface area contributed by atoms with Crippen LogP contribution in [0.4, 0.5) is 0 Å². The summed E-state index contributed by atoms with van der Waals surface area (Å²) >= 11 is 1.62. The minimum atomic E-state index is -0.387. The van der Waals surface area contributed by atoms with Crippen molar-refractivity contribution >= 4 is 23.2 Å². The van der Waals surface area contributed by atoms with Crippen LogP contribution in [-0.2, 0) is 35.3 Å². The Labute approximate surface area is 174 Å². The Hall–Kier alpha value is -2.54. The van der Waals surface area contributed by atoms with Crippen LogP contribution in [0.25, 0.3) is 0 Å². The van der Waals surface area contributed by atoms with Crippen molar-refractivity contribution in [3.8, 4) is 11.5 Å². The predicted octanol–water partition coefficient (Wildman–Crippen LogP) is 3.39. The molecule has 0 bridgehead atoms. The molecule has 2 heterocycles. The topological polar surface area (TPSA) is 65.1 Å². The lowest BCUT2D eigenvalue weighted by atomic mass is 9.96. The van der Waals surface area contributed by atoms with Gasteiger partial charge in [-0.1, -0.05) is 0 Å². The molecule has 154 valence electrons. The number of thiophene rings is 1. The summed E-state index contributed by atoms with van der Waals surface area (Å²) in [4.78, 5) is 28.2. The molecule has 1 aromatic heterocycles. The molecule has 29 heavy (non-hydrogen) atoms. The van der Waals surface area contributed by atoms with E-state index in [9.17, 15) is 9.59 Å². The summed E-state index contributed by atoms with van der Waals surface area (Å²) in [5.41, 5.74) is 3.93. The van der Waals surface area contributed by atoms with Crippen LogP contribution in [0.5, 0.6) is 11.5 Å². The van der Waals surface area contributed by atoms with Gasteiger partial charge in [0.15, 0.2) is 18.1 Å². The average Bonchev–Trinajstić information content (AvgIpc) is 3.20. The molecule has 0 N–H and O–H groups in total. The fraction of sp³-hybridized carbons (Fsp3) is 0.455. The number of fused-ring (bicyclic) bond motifs is 2. The fourth-order valence-corrected chi connectivity index (χ4v) is 5.17. The Morgan fingerprint density at radius 2 is 1.76 bits per heavy atom. The van der Waals surface area contributed by atoms with Gasteiger partial charge in [0.05, 0.1) is 19.8 Å². The number of hydrogen-bond donors (Lipinski definition) is 0. The molecule has 1 aliphatic carbocycles. The van der Waals surface area contributed by atoms with Crippen molar-refractivity contribution in [3.63, 3.8) is 0 Å². The Morgan fingerprint density at radius 3 is 2.52 bits per heavy atom. The number of hydrogen-bond acceptors (Lipinski definition) is 6. The second kappa shape index (κ2) is 8.45. The molecule has 1 amide bonds. The molecule has 6 nitrogen and oxygen atoms in total. The highest BCUT2D eigenvalue weighted by atomic mass is 32.1. The molecule has 7 heteroatoms. The molecule has 0 fully saturated rings. The van der Waals surface area contributed by atoms with Crippen molar-refractivity contribution in [2.45, 2.75) is 38.6 Å². The van der Waals surface area contributed by atoms with Crippen LogP contribution in [0.15, 0.2) is 17.5 Å². The van der Waals surface area contributed by atoms with Crippen LogP contribution in [0.3, 0.4) is 0 Å². The molecule has 0 unspecified atom stereocenters. The zero-order valence-corrected chi connectivity index (χ0v) is 17.6. The van der Waals surface area contributed by atoms with Gasteiger partial charge >= 0.3 is 5.97 Å². The average molecular weight is 416 g/mol. The smallest absolute Gasteiger partial charge is 0.339 e. The molecule has 2 aliphatic rings. The zero-order chi connectivity index (χ0) is 20.4. The van der Waals surface area contributed by atoms with E-state index in [2.05, 4.69) is 0 Å². The van der Waals surface area contributed by atoms with Crippen LogP contribution < -0.4 is 9.47 Å². The second-order valence-electron chi connectivity index (χ2n) is 7.38. The Kier molecular flexibility index (Phi) is 5.76. The third kappa shape index (κ3) is 3.96. The lowest BCUT2D eigenvalue weighted by Crippen LogP contribution is -2.38. The van der Waals surface area contributed by atoms with Gasteiger partial charge in [-0.15, -0.1) is 11.3 Å². The van der Waals surface area contributed by atoms with Crippen LogP contribution in [0.2, 0.25) is 0 Å². The highest BCUT2D eigenvalue weighted by Gasteiger charge is 2.25. The van der Waals surface area contributed by atoms with Crippen molar-refractivity contribution < 1.29 is 23.8 Å². The second-order valence-corrected chi connectivity index (χ2v) is 8.34. The molecule has 4 rings (SSSR count). The van der Waals surface area contributed by atoms with Gasteiger partial charge in [-0.05, 0) is 60.9 Å². The lowest BCUT2D eigenvalue weighted by molar-refractivity contribution is -0.135. The summed E-state index contributed by atoms with van der Waals surface area (Å²) in [6, 6.07) is 3.88. The predicted molar refractivity (Wildman–Crippen MR) is 110 cm³/mol. The minimum absolute atomic E-state index is 0.178. The first kappa shape index (κ1) is 19.8. The molecular formula is C22H25NO5S. The third-order valence-electron chi connectivity index (χ3n) is 5.68. The van der Waals surface area contributed by atoms with E-state index in [-0.39, 0.29) is 18.5 Å². The Balaban J connectivity index is 1.38. The molecule has 0 saturated heterocycles. The van der Waals surface area contributed by atoms with Crippen LogP contribution in [-0.4, -0.2) is 44.1 Å². The Morgan fingerprint density at radius 1 is 1.03 bits per heavy atom. The number of carbonyl (C=O) groups excluding carboxylic acids is 2. The van der Waals surface area contributed by atoms with Crippen LogP contribution in [0, 0.1) is 0 Å². The van der Waals surface area contributed by atoms with E-state index in [1.807, 2.05) is 17.5 Å². The van der Waals surface area contributed by atoms with Gasteiger partial charge in [-0.3, -0.25) is 4.79 Å². The molecule has 0 saturated carbocycles. The summed E-state index contributed by atoms with van der Waals surface area (Å²) in [5, 5.41) is 1.87. The third-order valence-corrected chi connectivity index (χ3v) is 6.77. The maximum atomic E-state index is 12.6. The van der Waals surface area contributed by atoms with E-state index in [1.165, 1.54) is 11.3 Å². The lowest BCUT2D eigenvalue weighted by Gasteiger charge is -2.29. The van der Waals surface area contributed by atoms with E-state index in [1.54, 1.807) is 30.5 Å². The number of esters is 1. The van der Waals surface area contributed by atoms with Gasteiger partial charge in [-0.25, -0.2) is 4.79 Å². The summed E-state index contributed by atoms with van der Waals surface area (Å²) in [7, 11) is 3.21. The van der Waals surface area contributed by atoms with E-state index in [0.717, 1.165) is 42.4 Å². The van der Waals surface area contributed by atoms with Crippen molar-refractivity contribution in [1.82, 2.24) is 4.90 Å². The van der Waals surface area contributed by atoms with Gasteiger partial charge in [0.1, 0.15) is 0 Å².